The lowest BCUT2D eigenvalue weighted by atomic mass is 9.81. The van der Waals surface area contributed by atoms with Gasteiger partial charge in [-0.2, -0.15) is 0 Å². The molecule has 1 aromatic rings. The van der Waals surface area contributed by atoms with Crippen molar-refractivity contribution in [1.29, 1.82) is 0 Å². The van der Waals surface area contributed by atoms with E-state index in [1.807, 2.05) is 19.1 Å². The quantitative estimate of drug-likeness (QED) is 0.782. The van der Waals surface area contributed by atoms with Gasteiger partial charge in [-0.3, -0.25) is 4.79 Å². The average molecular weight is 299 g/mol. The zero-order chi connectivity index (χ0) is 15.2. The van der Waals surface area contributed by atoms with Crippen LogP contribution in [-0.2, 0) is 16.0 Å². The Morgan fingerprint density at radius 3 is 2.45 bits per heavy atom. The zero-order valence-corrected chi connectivity index (χ0v) is 13.1. The van der Waals surface area contributed by atoms with Crippen molar-refractivity contribution in [2.24, 2.45) is 5.92 Å². The van der Waals surface area contributed by atoms with Crippen LogP contribution in [-0.4, -0.2) is 23.3 Å². The Labute approximate surface area is 125 Å². The van der Waals surface area contributed by atoms with Crippen LogP contribution < -0.4 is 0 Å². The lowest BCUT2D eigenvalue weighted by Gasteiger charge is -2.31. The Morgan fingerprint density at radius 2 is 1.95 bits per heavy atom. The number of ether oxygens (including phenoxy) is 1. The van der Waals surface area contributed by atoms with Gasteiger partial charge in [-0.25, -0.2) is 0 Å². The van der Waals surface area contributed by atoms with Crippen LogP contribution in [0.2, 0.25) is 5.02 Å². The van der Waals surface area contributed by atoms with Crippen molar-refractivity contribution in [3.63, 3.8) is 0 Å². The van der Waals surface area contributed by atoms with Crippen molar-refractivity contribution in [3.8, 4) is 0 Å². The van der Waals surface area contributed by atoms with Crippen LogP contribution in [0.1, 0.15) is 39.2 Å². The normalized spacial score (nSPS) is 15.4. The van der Waals surface area contributed by atoms with Crippen molar-refractivity contribution in [1.82, 2.24) is 0 Å². The third-order valence-electron chi connectivity index (χ3n) is 3.37. The van der Waals surface area contributed by atoms with Gasteiger partial charge in [-0.15, -0.1) is 0 Å². The van der Waals surface area contributed by atoms with Gasteiger partial charge in [0.25, 0.3) is 0 Å². The Kier molecular flexibility index (Phi) is 6.50. The number of carbonyl (C=O) groups excluding carboxylic acids is 1. The highest BCUT2D eigenvalue weighted by molar-refractivity contribution is 6.30. The number of halogens is 1. The maximum atomic E-state index is 12.0. The van der Waals surface area contributed by atoms with Crippen LogP contribution in [0, 0.1) is 5.92 Å². The molecule has 1 aromatic carbocycles. The first-order chi connectivity index (χ1) is 9.40. The van der Waals surface area contributed by atoms with E-state index in [2.05, 4.69) is 0 Å². The number of benzene rings is 1. The molecule has 2 unspecified atom stereocenters. The molecule has 0 bridgehead atoms. The van der Waals surface area contributed by atoms with E-state index in [0.717, 1.165) is 12.0 Å². The summed E-state index contributed by atoms with van der Waals surface area (Å²) in [6, 6.07) is 7.30. The Hall–Kier alpha value is -1.06. The standard InChI is InChI=1S/C16H23ClO3/c1-4-6-14(15(18)20-5-2)16(3,19)11-12-7-9-13(17)10-8-12/h7-10,14,19H,4-6,11H2,1-3H3. The van der Waals surface area contributed by atoms with Crippen LogP contribution in [0.4, 0.5) is 0 Å². The second-order valence-corrected chi connectivity index (χ2v) is 5.69. The molecule has 0 spiro atoms. The third-order valence-corrected chi connectivity index (χ3v) is 3.63. The first-order valence-electron chi connectivity index (χ1n) is 7.04. The minimum Gasteiger partial charge on any atom is -0.466 e. The number of esters is 1. The molecule has 0 aromatic heterocycles. The van der Waals surface area contributed by atoms with Crippen LogP contribution in [0.25, 0.3) is 0 Å². The number of hydrogen-bond donors (Lipinski definition) is 1. The summed E-state index contributed by atoms with van der Waals surface area (Å²) in [5.74, 6) is -0.837. The molecule has 0 saturated carbocycles. The molecule has 2 atom stereocenters. The van der Waals surface area contributed by atoms with E-state index < -0.39 is 11.5 Å². The molecule has 0 amide bonds. The van der Waals surface area contributed by atoms with E-state index in [9.17, 15) is 9.90 Å². The maximum absolute atomic E-state index is 12.0. The number of rotatable bonds is 7. The largest absolute Gasteiger partial charge is 0.466 e. The van der Waals surface area contributed by atoms with Gasteiger partial charge in [0, 0.05) is 11.4 Å². The van der Waals surface area contributed by atoms with Gasteiger partial charge in [-0.05, 0) is 38.0 Å². The molecule has 0 fully saturated rings. The van der Waals surface area contributed by atoms with E-state index in [-0.39, 0.29) is 5.97 Å². The first-order valence-corrected chi connectivity index (χ1v) is 7.42. The lowest BCUT2D eigenvalue weighted by molar-refractivity contribution is -0.157. The molecule has 1 N–H and O–H groups in total. The number of hydrogen-bond acceptors (Lipinski definition) is 3. The molecule has 0 aliphatic carbocycles. The van der Waals surface area contributed by atoms with Gasteiger partial charge in [0.15, 0.2) is 0 Å². The van der Waals surface area contributed by atoms with Gasteiger partial charge in [0.2, 0.25) is 0 Å². The van der Waals surface area contributed by atoms with Gasteiger partial charge < -0.3 is 9.84 Å². The second-order valence-electron chi connectivity index (χ2n) is 5.25. The van der Waals surface area contributed by atoms with Gasteiger partial charge >= 0.3 is 5.97 Å². The highest BCUT2D eigenvalue weighted by Gasteiger charge is 2.37. The summed E-state index contributed by atoms with van der Waals surface area (Å²) >= 11 is 5.85. The van der Waals surface area contributed by atoms with Crippen molar-refractivity contribution >= 4 is 17.6 Å². The van der Waals surface area contributed by atoms with Crippen molar-refractivity contribution in [2.45, 2.75) is 45.6 Å². The topological polar surface area (TPSA) is 46.5 Å². The van der Waals surface area contributed by atoms with Gasteiger partial charge in [-0.1, -0.05) is 37.1 Å². The Morgan fingerprint density at radius 1 is 1.35 bits per heavy atom. The zero-order valence-electron chi connectivity index (χ0n) is 12.4. The molecular formula is C16H23ClO3. The Balaban J connectivity index is 2.86. The minimum absolute atomic E-state index is 0.326. The number of carbonyl (C=O) groups is 1. The maximum Gasteiger partial charge on any atom is 0.311 e. The summed E-state index contributed by atoms with van der Waals surface area (Å²) < 4.78 is 5.08. The molecule has 0 heterocycles. The van der Waals surface area contributed by atoms with Crippen molar-refractivity contribution in [3.05, 3.63) is 34.9 Å². The second kappa shape index (κ2) is 7.65. The molecule has 3 nitrogen and oxygen atoms in total. The highest BCUT2D eigenvalue weighted by atomic mass is 35.5. The van der Waals surface area contributed by atoms with Crippen molar-refractivity contribution in [2.75, 3.05) is 6.61 Å². The predicted molar refractivity (Wildman–Crippen MR) is 80.8 cm³/mol. The fourth-order valence-electron chi connectivity index (χ4n) is 2.35. The summed E-state index contributed by atoms with van der Waals surface area (Å²) in [7, 11) is 0. The first kappa shape index (κ1) is 17.0. The minimum atomic E-state index is -1.13. The van der Waals surface area contributed by atoms with Crippen LogP contribution in [0.5, 0.6) is 0 Å². The summed E-state index contributed by atoms with van der Waals surface area (Å²) in [4.78, 5) is 12.0. The Bertz CT molecular complexity index is 426. The van der Waals surface area contributed by atoms with E-state index in [1.54, 1.807) is 26.0 Å². The summed E-state index contributed by atoms with van der Waals surface area (Å²) in [6.07, 6.45) is 1.83. The monoisotopic (exact) mass is 298 g/mol. The van der Waals surface area contributed by atoms with E-state index in [1.165, 1.54) is 0 Å². The van der Waals surface area contributed by atoms with Crippen LogP contribution >= 0.6 is 11.6 Å². The predicted octanol–water partition coefficient (Wildman–Crippen LogP) is 3.61. The number of aliphatic hydroxyl groups is 1. The summed E-state index contributed by atoms with van der Waals surface area (Å²) in [5, 5.41) is 11.3. The SMILES string of the molecule is CCCC(C(=O)OCC)C(C)(O)Cc1ccc(Cl)cc1. The van der Waals surface area contributed by atoms with Crippen LogP contribution in [0.3, 0.4) is 0 Å². The fraction of sp³-hybridized carbons (Fsp3) is 0.562. The summed E-state index contributed by atoms with van der Waals surface area (Å²) in [5.41, 5.74) is -0.180. The molecule has 112 valence electrons. The van der Waals surface area contributed by atoms with Gasteiger partial charge in [0.1, 0.15) is 0 Å². The smallest absolute Gasteiger partial charge is 0.311 e. The average Bonchev–Trinajstić information content (AvgIpc) is 2.38. The molecule has 0 saturated heterocycles. The van der Waals surface area contributed by atoms with Crippen molar-refractivity contribution < 1.29 is 14.6 Å². The molecule has 4 heteroatoms. The lowest BCUT2D eigenvalue weighted by Crippen LogP contribution is -2.42. The molecule has 0 aliphatic heterocycles. The van der Waals surface area contributed by atoms with E-state index >= 15 is 0 Å². The van der Waals surface area contributed by atoms with E-state index in [4.69, 9.17) is 16.3 Å². The fourth-order valence-corrected chi connectivity index (χ4v) is 2.48. The molecule has 0 radical (unpaired) electrons. The molecule has 1 rings (SSSR count). The molecular weight excluding hydrogens is 276 g/mol. The van der Waals surface area contributed by atoms with Gasteiger partial charge in [0.05, 0.1) is 18.1 Å². The molecule has 0 aliphatic rings. The summed E-state index contributed by atoms with van der Waals surface area (Å²) in [6.45, 7) is 5.79. The van der Waals surface area contributed by atoms with E-state index in [0.29, 0.717) is 24.5 Å². The third kappa shape index (κ3) is 4.80. The van der Waals surface area contributed by atoms with Crippen LogP contribution in [0.15, 0.2) is 24.3 Å². The highest BCUT2D eigenvalue weighted by Crippen LogP contribution is 2.28. The molecule has 20 heavy (non-hydrogen) atoms.